The molecular formula is C8H20N4O2S. The van der Waals surface area contributed by atoms with Crippen LogP contribution in [0.3, 0.4) is 0 Å². The van der Waals surface area contributed by atoms with Gasteiger partial charge in [-0.05, 0) is 25.9 Å². The minimum Gasteiger partial charge on any atom is -0.329 e. The molecule has 0 saturated carbocycles. The molecule has 1 saturated heterocycles. The van der Waals surface area contributed by atoms with Crippen LogP contribution in [-0.2, 0) is 10.2 Å². The van der Waals surface area contributed by atoms with E-state index in [1.165, 1.54) is 7.05 Å². The summed E-state index contributed by atoms with van der Waals surface area (Å²) in [6.45, 7) is 3.38. The number of nitrogens with zero attached hydrogens (tertiary/aromatic N) is 1. The van der Waals surface area contributed by atoms with E-state index in [0.717, 1.165) is 32.5 Å². The Labute approximate surface area is 91.4 Å². The van der Waals surface area contributed by atoms with E-state index in [1.807, 2.05) is 0 Å². The molecule has 1 rings (SSSR count). The average Bonchev–Trinajstić information content (AvgIpc) is 2.21. The monoisotopic (exact) mass is 236 g/mol. The van der Waals surface area contributed by atoms with E-state index in [9.17, 15) is 8.42 Å². The molecule has 0 unspecified atom stereocenters. The molecular weight excluding hydrogens is 216 g/mol. The zero-order valence-electron chi connectivity index (χ0n) is 9.07. The maximum atomic E-state index is 11.2. The molecule has 1 aliphatic heterocycles. The fourth-order valence-corrected chi connectivity index (χ4v) is 2.53. The molecule has 0 aliphatic carbocycles. The Morgan fingerprint density at radius 1 is 1.40 bits per heavy atom. The van der Waals surface area contributed by atoms with Crippen LogP contribution in [0.15, 0.2) is 0 Å². The van der Waals surface area contributed by atoms with Crippen LogP contribution < -0.4 is 15.2 Å². The summed E-state index contributed by atoms with van der Waals surface area (Å²) in [4.78, 5) is 2.25. The first-order valence-electron chi connectivity index (χ1n) is 5.20. The second kappa shape index (κ2) is 5.76. The van der Waals surface area contributed by atoms with Crippen LogP contribution in [0.2, 0.25) is 0 Å². The largest absolute Gasteiger partial charge is 0.329 e. The highest BCUT2D eigenvalue weighted by Gasteiger charge is 2.21. The highest BCUT2D eigenvalue weighted by atomic mass is 32.2. The summed E-state index contributed by atoms with van der Waals surface area (Å²) in [7, 11) is -1.88. The van der Waals surface area contributed by atoms with Crippen LogP contribution >= 0.6 is 0 Å². The van der Waals surface area contributed by atoms with E-state index in [0.29, 0.717) is 6.54 Å². The molecule has 0 atom stereocenters. The van der Waals surface area contributed by atoms with E-state index < -0.39 is 10.2 Å². The molecule has 0 amide bonds. The minimum absolute atomic E-state index is 0.0523. The third-order valence-electron chi connectivity index (χ3n) is 2.62. The van der Waals surface area contributed by atoms with E-state index in [1.54, 1.807) is 0 Å². The molecule has 4 N–H and O–H groups in total. The van der Waals surface area contributed by atoms with Gasteiger partial charge in [0.15, 0.2) is 0 Å². The Hall–Kier alpha value is -0.210. The van der Waals surface area contributed by atoms with Crippen LogP contribution in [-0.4, -0.2) is 52.6 Å². The van der Waals surface area contributed by atoms with Gasteiger partial charge in [-0.1, -0.05) is 0 Å². The van der Waals surface area contributed by atoms with Gasteiger partial charge in [0, 0.05) is 26.2 Å². The molecule has 0 aromatic rings. The van der Waals surface area contributed by atoms with Crippen molar-refractivity contribution in [1.82, 2.24) is 14.3 Å². The number of nitrogens with two attached hydrogens (primary N) is 1. The topological polar surface area (TPSA) is 87.5 Å². The summed E-state index contributed by atoms with van der Waals surface area (Å²) >= 11 is 0. The second-order valence-corrected chi connectivity index (χ2v) is 5.38. The maximum Gasteiger partial charge on any atom is 0.276 e. The lowest BCUT2D eigenvalue weighted by atomic mass is 10.1. The summed E-state index contributed by atoms with van der Waals surface area (Å²) in [6, 6.07) is 0.0523. The molecule has 0 spiro atoms. The van der Waals surface area contributed by atoms with Gasteiger partial charge in [0.05, 0.1) is 0 Å². The zero-order chi connectivity index (χ0) is 11.3. The zero-order valence-corrected chi connectivity index (χ0v) is 9.89. The molecule has 0 aromatic heterocycles. The number of hydrogen-bond acceptors (Lipinski definition) is 4. The molecule has 0 bridgehead atoms. The number of hydrogen-bond donors (Lipinski definition) is 3. The molecule has 15 heavy (non-hydrogen) atoms. The van der Waals surface area contributed by atoms with Crippen molar-refractivity contribution in [2.24, 2.45) is 5.73 Å². The standard InChI is InChI=1S/C8H20N4O2S/c1-10-15(13,14)11-8-2-5-12(6-3-8)7-4-9/h8,10-11H,2-7,9H2,1H3. The number of rotatable bonds is 5. The third kappa shape index (κ3) is 4.43. The molecule has 6 nitrogen and oxygen atoms in total. The van der Waals surface area contributed by atoms with Crippen LogP contribution in [0.1, 0.15) is 12.8 Å². The number of nitrogens with one attached hydrogen (secondary N) is 2. The molecule has 1 aliphatic rings. The third-order valence-corrected chi connectivity index (χ3v) is 3.80. The van der Waals surface area contributed by atoms with Crippen molar-refractivity contribution >= 4 is 10.2 Å². The lowest BCUT2D eigenvalue weighted by molar-refractivity contribution is 0.212. The first kappa shape index (κ1) is 12.9. The quantitative estimate of drug-likeness (QED) is 0.540. The van der Waals surface area contributed by atoms with Gasteiger partial charge in [0.25, 0.3) is 10.2 Å². The van der Waals surface area contributed by atoms with Crippen LogP contribution in [0.5, 0.6) is 0 Å². The molecule has 1 fully saturated rings. The Bertz CT molecular complexity index is 272. The average molecular weight is 236 g/mol. The molecule has 90 valence electrons. The van der Waals surface area contributed by atoms with Crippen molar-refractivity contribution in [2.75, 3.05) is 33.2 Å². The SMILES string of the molecule is CNS(=O)(=O)NC1CCN(CCN)CC1. The predicted molar refractivity (Wildman–Crippen MR) is 59.6 cm³/mol. The van der Waals surface area contributed by atoms with E-state index in [4.69, 9.17) is 5.73 Å². The summed E-state index contributed by atoms with van der Waals surface area (Å²) in [5.41, 5.74) is 5.45. The lowest BCUT2D eigenvalue weighted by Gasteiger charge is -2.31. The summed E-state index contributed by atoms with van der Waals surface area (Å²) in [5.74, 6) is 0. The van der Waals surface area contributed by atoms with Crippen molar-refractivity contribution < 1.29 is 8.42 Å². The summed E-state index contributed by atoms with van der Waals surface area (Å²) in [5, 5.41) is 0. The van der Waals surface area contributed by atoms with Crippen LogP contribution in [0.25, 0.3) is 0 Å². The van der Waals surface area contributed by atoms with Gasteiger partial charge >= 0.3 is 0 Å². The van der Waals surface area contributed by atoms with Crippen molar-refractivity contribution in [1.29, 1.82) is 0 Å². The fraction of sp³-hybridized carbons (Fsp3) is 1.00. The van der Waals surface area contributed by atoms with Crippen LogP contribution in [0.4, 0.5) is 0 Å². The van der Waals surface area contributed by atoms with Crippen molar-refractivity contribution in [2.45, 2.75) is 18.9 Å². The van der Waals surface area contributed by atoms with Crippen LogP contribution in [0, 0.1) is 0 Å². The highest BCUT2D eigenvalue weighted by molar-refractivity contribution is 7.87. The Morgan fingerprint density at radius 3 is 2.47 bits per heavy atom. The fourth-order valence-electron chi connectivity index (χ4n) is 1.74. The molecule has 1 heterocycles. The van der Waals surface area contributed by atoms with Gasteiger partial charge in [-0.2, -0.15) is 13.1 Å². The van der Waals surface area contributed by atoms with Gasteiger partial charge < -0.3 is 10.6 Å². The molecule has 0 radical (unpaired) electrons. The Morgan fingerprint density at radius 2 is 2.00 bits per heavy atom. The summed E-state index contributed by atoms with van der Waals surface area (Å²) in [6.07, 6.45) is 1.70. The van der Waals surface area contributed by atoms with Gasteiger partial charge in [-0.3, -0.25) is 0 Å². The Balaban J connectivity index is 2.32. The number of piperidine rings is 1. The smallest absolute Gasteiger partial charge is 0.276 e. The van der Waals surface area contributed by atoms with Gasteiger partial charge in [-0.15, -0.1) is 0 Å². The second-order valence-electron chi connectivity index (χ2n) is 3.73. The van der Waals surface area contributed by atoms with Gasteiger partial charge in [-0.25, -0.2) is 4.72 Å². The highest BCUT2D eigenvalue weighted by Crippen LogP contribution is 2.09. The predicted octanol–water partition coefficient (Wildman–Crippen LogP) is -1.54. The normalized spacial score (nSPS) is 20.7. The maximum absolute atomic E-state index is 11.2. The van der Waals surface area contributed by atoms with Gasteiger partial charge in [0.2, 0.25) is 0 Å². The van der Waals surface area contributed by atoms with E-state index >= 15 is 0 Å². The van der Waals surface area contributed by atoms with E-state index in [2.05, 4.69) is 14.3 Å². The van der Waals surface area contributed by atoms with Gasteiger partial charge in [0.1, 0.15) is 0 Å². The Kier molecular flexibility index (Phi) is 4.94. The van der Waals surface area contributed by atoms with Crippen molar-refractivity contribution in [3.05, 3.63) is 0 Å². The van der Waals surface area contributed by atoms with E-state index in [-0.39, 0.29) is 6.04 Å². The first-order valence-corrected chi connectivity index (χ1v) is 6.69. The number of likely N-dealkylation sites (tertiary alicyclic amines) is 1. The lowest BCUT2D eigenvalue weighted by Crippen LogP contribution is -2.48. The molecule has 7 heteroatoms. The molecule has 0 aromatic carbocycles. The van der Waals surface area contributed by atoms with Crippen molar-refractivity contribution in [3.63, 3.8) is 0 Å². The first-order chi connectivity index (χ1) is 7.07. The minimum atomic E-state index is -3.29. The summed E-state index contributed by atoms with van der Waals surface area (Å²) < 4.78 is 27.3. The van der Waals surface area contributed by atoms with Crippen molar-refractivity contribution in [3.8, 4) is 0 Å².